The molecule has 0 aromatic heterocycles. The monoisotopic (exact) mass is 124 g/mol. The lowest BCUT2D eigenvalue weighted by Gasteiger charge is -2.20. The highest BCUT2D eigenvalue weighted by Crippen LogP contribution is 2.20. The smallest absolute Gasteiger partial charge is 0.110 e. The molecule has 2 nitrogen and oxygen atoms in total. The predicted molar refractivity (Wildman–Crippen MR) is 40.2 cm³/mol. The van der Waals surface area contributed by atoms with Crippen LogP contribution in [0.25, 0.3) is 0 Å². The number of hydrogen-bond donors (Lipinski definition) is 0. The van der Waals surface area contributed by atoms with Crippen molar-refractivity contribution in [3.8, 4) is 0 Å². The van der Waals surface area contributed by atoms with E-state index < -0.39 is 0 Å². The fourth-order valence-electron chi connectivity index (χ4n) is 0.673. The molecule has 1 heterocycles. The number of nitrogens with zero attached hydrogens (tertiary/aromatic N) is 2. The topological polar surface area (TPSA) is 24.7 Å². The van der Waals surface area contributed by atoms with Gasteiger partial charge in [-0.1, -0.05) is 13.8 Å². The van der Waals surface area contributed by atoms with E-state index in [4.69, 9.17) is 0 Å². The van der Waals surface area contributed by atoms with E-state index in [9.17, 15) is 0 Å². The second-order valence-corrected chi connectivity index (χ2v) is 2.90. The Bertz CT molecular complexity index is 144. The average Bonchev–Trinajstić information content (AvgIpc) is 2.16. The summed E-state index contributed by atoms with van der Waals surface area (Å²) in [7, 11) is 0. The third-order valence-corrected chi connectivity index (χ3v) is 1.91. The summed E-state index contributed by atoms with van der Waals surface area (Å²) in [6.45, 7) is 6.38. The third-order valence-electron chi connectivity index (χ3n) is 1.91. The van der Waals surface area contributed by atoms with Gasteiger partial charge in [-0.3, -0.25) is 4.99 Å². The van der Waals surface area contributed by atoms with Gasteiger partial charge in [0.2, 0.25) is 0 Å². The lowest BCUT2D eigenvalue weighted by Crippen LogP contribution is -2.28. The molecule has 0 saturated carbocycles. The fourth-order valence-corrected chi connectivity index (χ4v) is 0.673. The zero-order valence-corrected chi connectivity index (χ0v) is 6.13. The van der Waals surface area contributed by atoms with Crippen LogP contribution in [0.3, 0.4) is 0 Å². The van der Waals surface area contributed by atoms with Crippen LogP contribution in [-0.4, -0.2) is 18.1 Å². The van der Waals surface area contributed by atoms with Crippen LogP contribution in [0.5, 0.6) is 0 Å². The molecule has 0 fully saturated rings. The van der Waals surface area contributed by atoms with Crippen LogP contribution >= 0.6 is 0 Å². The van der Waals surface area contributed by atoms with E-state index in [0.717, 1.165) is 0 Å². The summed E-state index contributed by atoms with van der Waals surface area (Å²) < 4.78 is 0. The Morgan fingerprint density at radius 1 is 1.44 bits per heavy atom. The normalized spacial score (nSPS) is 32.4. The van der Waals surface area contributed by atoms with E-state index in [-0.39, 0.29) is 5.54 Å². The van der Waals surface area contributed by atoms with Crippen LogP contribution in [0.15, 0.2) is 9.98 Å². The van der Waals surface area contributed by atoms with Crippen LogP contribution in [0.2, 0.25) is 0 Å². The molecule has 0 amide bonds. The summed E-state index contributed by atoms with van der Waals surface area (Å²) in [6.07, 6.45) is 3.53. The van der Waals surface area contributed by atoms with Gasteiger partial charge in [0.25, 0.3) is 0 Å². The van der Waals surface area contributed by atoms with E-state index in [1.807, 2.05) is 6.21 Å². The first-order valence-corrected chi connectivity index (χ1v) is 3.23. The Balaban J connectivity index is 2.75. The Morgan fingerprint density at radius 3 is 2.33 bits per heavy atom. The van der Waals surface area contributed by atoms with Crippen molar-refractivity contribution in [2.24, 2.45) is 15.9 Å². The molecule has 0 N–H and O–H groups in total. The standard InChI is InChI=1S/C7H12N2/c1-6(2)7(3)4-8-5-9-7/h4-6H,1-3H3. The maximum absolute atomic E-state index is 4.22. The van der Waals surface area contributed by atoms with Crippen molar-refractivity contribution in [1.82, 2.24) is 0 Å². The largest absolute Gasteiger partial charge is 0.261 e. The van der Waals surface area contributed by atoms with E-state index in [1.165, 1.54) is 0 Å². The highest BCUT2D eigenvalue weighted by molar-refractivity contribution is 5.85. The maximum Gasteiger partial charge on any atom is 0.110 e. The van der Waals surface area contributed by atoms with Crippen LogP contribution in [0.4, 0.5) is 0 Å². The molecule has 0 aromatic rings. The van der Waals surface area contributed by atoms with Gasteiger partial charge in [-0.25, -0.2) is 4.99 Å². The van der Waals surface area contributed by atoms with Gasteiger partial charge in [0.1, 0.15) is 6.34 Å². The Labute approximate surface area is 55.7 Å². The van der Waals surface area contributed by atoms with Crippen molar-refractivity contribution in [3.63, 3.8) is 0 Å². The van der Waals surface area contributed by atoms with Gasteiger partial charge < -0.3 is 0 Å². The zero-order valence-electron chi connectivity index (χ0n) is 6.13. The van der Waals surface area contributed by atoms with Crippen LogP contribution < -0.4 is 0 Å². The summed E-state index contributed by atoms with van der Waals surface area (Å²) >= 11 is 0. The minimum atomic E-state index is -0.0278. The summed E-state index contributed by atoms with van der Waals surface area (Å²) in [5, 5.41) is 0. The average molecular weight is 124 g/mol. The van der Waals surface area contributed by atoms with Gasteiger partial charge in [0.15, 0.2) is 0 Å². The molecule has 0 radical (unpaired) electrons. The molecule has 1 unspecified atom stereocenters. The minimum Gasteiger partial charge on any atom is -0.261 e. The van der Waals surface area contributed by atoms with Crippen molar-refractivity contribution in [1.29, 1.82) is 0 Å². The van der Waals surface area contributed by atoms with Crippen LogP contribution in [0, 0.1) is 5.92 Å². The molecular formula is C7H12N2. The molecule has 9 heavy (non-hydrogen) atoms. The van der Waals surface area contributed by atoms with Gasteiger partial charge in [0, 0.05) is 6.21 Å². The van der Waals surface area contributed by atoms with Gasteiger partial charge >= 0.3 is 0 Å². The van der Waals surface area contributed by atoms with Gasteiger partial charge in [-0.15, -0.1) is 0 Å². The summed E-state index contributed by atoms with van der Waals surface area (Å²) in [5.74, 6) is 0.542. The first-order valence-electron chi connectivity index (χ1n) is 3.23. The number of hydrogen-bond acceptors (Lipinski definition) is 2. The highest BCUT2D eigenvalue weighted by atomic mass is 15.0. The van der Waals surface area contributed by atoms with Gasteiger partial charge in [0.05, 0.1) is 5.54 Å². The predicted octanol–water partition coefficient (Wildman–Crippen LogP) is 1.51. The molecule has 0 aliphatic carbocycles. The molecule has 0 aromatic carbocycles. The molecule has 0 spiro atoms. The van der Waals surface area contributed by atoms with Crippen LogP contribution in [-0.2, 0) is 0 Å². The zero-order chi connectivity index (χ0) is 6.91. The molecule has 0 saturated heterocycles. The Morgan fingerprint density at radius 2 is 2.11 bits per heavy atom. The van der Waals surface area contributed by atoms with Gasteiger partial charge in [-0.05, 0) is 12.8 Å². The molecule has 1 aliphatic rings. The molecule has 50 valence electrons. The molecule has 2 heteroatoms. The maximum atomic E-state index is 4.22. The number of rotatable bonds is 1. The van der Waals surface area contributed by atoms with E-state index in [0.29, 0.717) is 5.92 Å². The lowest BCUT2D eigenvalue weighted by molar-refractivity contribution is 0.466. The SMILES string of the molecule is CC(C)C1(C)C=NC=N1. The third kappa shape index (κ3) is 1.02. The number of aliphatic imine (C=N–C) groups is 2. The molecule has 1 atom stereocenters. The second-order valence-electron chi connectivity index (χ2n) is 2.90. The second kappa shape index (κ2) is 1.94. The molecule has 1 aliphatic heterocycles. The molecule has 1 rings (SSSR count). The Hall–Kier alpha value is -0.660. The summed E-state index contributed by atoms with van der Waals surface area (Å²) in [4.78, 5) is 8.16. The van der Waals surface area contributed by atoms with Crippen LogP contribution in [0.1, 0.15) is 20.8 Å². The molecular weight excluding hydrogens is 112 g/mol. The fraction of sp³-hybridized carbons (Fsp3) is 0.714. The van der Waals surface area contributed by atoms with E-state index >= 15 is 0 Å². The summed E-state index contributed by atoms with van der Waals surface area (Å²) in [5.41, 5.74) is -0.0278. The van der Waals surface area contributed by atoms with E-state index in [2.05, 4.69) is 30.8 Å². The van der Waals surface area contributed by atoms with Crippen molar-refractivity contribution in [2.75, 3.05) is 0 Å². The Kier molecular flexibility index (Phi) is 1.39. The van der Waals surface area contributed by atoms with Crippen molar-refractivity contribution in [3.05, 3.63) is 0 Å². The first kappa shape index (κ1) is 6.46. The molecule has 0 bridgehead atoms. The highest BCUT2D eigenvalue weighted by Gasteiger charge is 2.26. The van der Waals surface area contributed by atoms with Gasteiger partial charge in [-0.2, -0.15) is 0 Å². The van der Waals surface area contributed by atoms with Crippen molar-refractivity contribution < 1.29 is 0 Å². The van der Waals surface area contributed by atoms with Crippen molar-refractivity contribution in [2.45, 2.75) is 26.3 Å². The minimum absolute atomic E-state index is 0.0278. The van der Waals surface area contributed by atoms with Crippen molar-refractivity contribution >= 4 is 12.6 Å². The van der Waals surface area contributed by atoms with E-state index in [1.54, 1.807) is 6.34 Å². The summed E-state index contributed by atoms with van der Waals surface area (Å²) in [6, 6.07) is 0. The first-order chi connectivity index (χ1) is 4.15. The quantitative estimate of drug-likeness (QED) is 0.506. The lowest BCUT2D eigenvalue weighted by atomic mass is 9.91.